The van der Waals surface area contributed by atoms with Gasteiger partial charge in [0.2, 0.25) is 0 Å². The van der Waals surface area contributed by atoms with Crippen LogP contribution in [0.3, 0.4) is 0 Å². The van der Waals surface area contributed by atoms with E-state index in [4.69, 9.17) is 18.0 Å². The maximum atomic E-state index is 5.94. The van der Waals surface area contributed by atoms with E-state index in [2.05, 4.69) is 21.9 Å². The van der Waals surface area contributed by atoms with E-state index >= 15 is 0 Å². The van der Waals surface area contributed by atoms with Gasteiger partial charge >= 0.3 is 0 Å². The number of rotatable bonds is 1. The molecule has 0 atom stereocenters. The molecule has 0 aliphatic heterocycles. The molecular formula is C9H6BrClS. The molecule has 1 aromatic carbocycles. The highest BCUT2D eigenvalue weighted by molar-refractivity contribution is 9.10. The Morgan fingerprint density at radius 2 is 2.25 bits per heavy atom. The monoisotopic (exact) mass is 260 g/mol. The Hall–Kier alpha value is -0.100. The van der Waals surface area contributed by atoms with Gasteiger partial charge in [0.25, 0.3) is 0 Å². The third kappa shape index (κ3) is 1.80. The lowest BCUT2D eigenvalue weighted by atomic mass is 10.2. The highest BCUT2D eigenvalue weighted by atomic mass is 79.9. The second-order valence-corrected chi connectivity index (χ2v) is 4.16. The fourth-order valence-corrected chi connectivity index (χ4v) is 2.47. The van der Waals surface area contributed by atoms with Crippen LogP contribution in [-0.4, -0.2) is 6.26 Å². The van der Waals surface area contributed by atoms with E-state index in [0.29, 0.717) is 5.02 Å². The van der Waals surface area contributed by atoms with Crippen molar-refractivity contribution in [1.82, 2.24) is 0 Å². The highest BCUT2D eigenvalue weighted by Gasteiger charge is 2.07. The summed E-state index contributed by atoms with van der Waals surface area (Å²) in [7, 11) is 0. The first-order valence-corrected chi connectivity index (χ1v) is 5.59. The summed E-state index contributed by atoms with van der Waals surface area (Å²) < 4.78 is 0.916. The summed E-state index contributed by atoms with van der Waals surface area (Å²) in [6.45, 7) is 0. The molecule has 0 fully saturated rings. The number of terminal acetylenes is 1. The first-order valence-electron chi connectivity index (χ1n) is 3.19. The maximum absolute atomic E-state index is 5.94. The van der Waals surface area contributed by atoms with Crippen LogP contribution in [0.5, 0.6) is 0 Å². The second-order valence-electron chi connectivity index (χ2n) is 2.08. The zero-order valence-corrected chi connectivity index (χ0v) is 9.55. The maximum Gasteiger partial charge on any atom is 0.0555 e. The third-order valence-corrected chi connectivity index (χ3v) is 3.33. The van der Waals surface area contributed by atoms with Gasteiger partial charge in [-0.15, -0.1) is 18.2 Å². The molecule has 0 saturated carbocycles. The summed E-state index contributed by atoms with van der Waals surface area (Å²) in [5.41, 5.74) is 0.829. The molecule has 0 unspecified atom stereocenters. The van der Waals surface area contributed by atoms with E-state index in [1.54, 1.807) is 11.8 Å². The number of thioether (sulfide) groups is 1. The molecule has 0 nitrogen and oxygen atoms in total. The average molecular weight is 262 g/mol. The van der Waals surface area contributed by atoms with Gasteiger partial charge in [0.15, 0.2) is 0 Å². The van der Waals surface area contributed by atoms with Gasteiger partial charge in [0.05, 0.1) is 10.6 Å². The summed E-state index contributed by atoms with van der Waals surface area (Å²) in [5, 5.41) is 0.707. The Morgan fingerprint density at radius 1 is 1.58 bits per heavy atom. The Balaban J connectivity index is 3.41. The van der Waals surface area contributed by atoms with E-state index < -0.39 is 0 Å². The van der Waals surface area contributed by atoms with Crippen molar-refractivity contribution in [2.24, 2.45) is 0 Å². The van der Waals surface area contributed by atoms with Gasteiger partial charge < -0.3 is 0 Å². The number of hydrogen-bond acceptors (Lipinski definition) is 1. The Labute approximate surface area is 89.8 Å². The number of benzene rings is 1. The Bertz CT molecular complexity index is 341. The molecule has 1 aromatic rings. The first kappa shape index (κ1) is 9.98. The second kappa shape index (κ2) is 4.23. The molecular weight excluding hydrogens is 256 g/mol. The molecule has 0 radical (unpaired) electrons. The van der Waals surface area contributed by atoms with Crippen molar-refractivity contribution in [3.8, 4) is 12.3 Å². The van der Waals surface area contributed by atoms with Crippen LogP contribution in [0.15, 0.2) is 21.5 Å². The summed E-state index contributed by atoms with van der Waals surface area (Å²) in [4.78, 5) is 0.952. The van der Waals surface area contributed by atoms with Crippen molar-refractivity contribution in [3.05, 3.63) is 27.2 Å². The fourth-order valence-electron chi connectivity index (χ4n) is 0.867. The van der Waals surface area contributed by atoms with E-state index in [1.807, 2.05) is 18.4 Å². The normalized spacial score (nSPS) is 9.50. The molecule has 0 aliphatic carbocycles. The van der Waals surface area contributed by atoms with Crippen LogP contribution in [0.1, 0.15) is 5.56 Å². The van der Waals surface area contributed by atoms with Crippen molar-refractivity contribution < 1.29 is 0 Å². The van der Waals surface area contributed by atoms with E-state index in [1.165, 1.54) is 0 Å². The van der Waals surface area contributed by atoms with Gasteiger partial charge in [-0.3, -0.25) is 0 Å². The molecule has 1 rings (SSSR count). The lowest BCUT2D eigenvalue weighted by Gasteiger charge is -2.05. The molecule has 0 heterocycles. The van der Waals surface area contributed by atoms with E-state index in [0.717, 1.165) is 14.9 Å². The fraction of sp³-hybridized carbons (Fsp3) is 0.111. The predicted molar refractivity (Wildman–Crippen MR) is 58.9 cm³/mol. The molecule has 12 heavy (non-hydrogen) atoms. The molecule has 0 aliphatic rings. The largest absolute Gasteiger partial charge is 0.127 e. The van der Waals surface area contributed by atoms with Gasteiger partial charge in [0, 0.05) is 9.37 Å². The summed E-state index contributed by atoms with van der Waals surface area (Å²) in [5.74, 6) is 2.60. The average Bonchev–Trinajstić information content (AvgIpc) is 2.08. The lowest BCUT2D eigenvalue weighted by molar-refractivity contribution is 1.39. The van der Waals surface area contributed by atoms with Crippen LogP contribution in [-0.2, 0) is 0 Å². The first-order chi connectivity index (χ1) is 5.70. The Morgan fingerprint density at radius 3 is 2.67 bits per heavy atom. The SMILES string of the molecule is C#Cc1c(Br)ccc(Cl)c1SC. The molecule has 0 aromatic heterocycles. The van der Waals surface area contributed by atoms with E-state index in [9.17, 15) is 0 Å². The van der Waals surface area contributed by atoms with Crippen molar-refractivity contribution in [1.29, 1.82) is 0 Å². The Kier molecular flexibility index (Phi) is 3.52. The molecule has 0 saturated heterocycles. The molecule has 0 amide bonds. The van der Waals surface area contributed by atoms with Gasteiger partial charge in [-0.25, -0.2) is 0 Å². The zero-order chi connectivity index (χ0) is 9.14. The van der Waals surface area contributed by atoms with Crippen LogP contribution in [0.2, 0.25) is 5.02 Å². The number of hydrogen-bond donors (Lipinski definition) is 0. The standard InChI is InChI=1S/C9H6BrClS/c1-3-6-7(10)4-5-8(11)9(6)12-2/h1,4-5H,2H3. The molecule has 0 N–H and O–H groups in total. The molecule has 62 valence electrons. The highest BCUT2D eigenvalue weighted by Crippen LogP contribution is 2.33. The third-order valence-electron chi connectivity index (χ3n) is 1.41. The van der Waals surface area contributed by atoms with Crippen molar-refractivity contribution in [3.63, 3.8) is 0 Å². The molecule has 0 spiro atoms. The van der Waals surface area contributed by atoms with Gasteiger partial charge in [0.1, 0.15) is 0 Å². The van der Waals surface area contributed by atoms with Crippen LogP contribution >= 0.6 is 39.3 Å². The summed E-state index contributed by atoms with van der Waals surface area (Å²) in [6, 6.07) is 3.69. The molecule has 3 heteroatoms. The van der Waals surface area contributed by atoms with Gasteiger partial charge in [-0.1, -0.05) is 17.5 Å². The van der Waals surface area contributed by atoms with Crippen LogP contribution in [0.4, 0.5) is 0 Å². The quantitative estimate of drug-likeness (QED) is 0.547. The minimum atomic E-state index is 0.707. The van der Waals surface area contributed by atoms with Crippen molar-refractivity contribution in [2.45, 2.75) is 4.90 Å². The summed E-state index contributed by atoms with van der Waals surface area (Å²) in [6.07, 6.45) is 7.30. The predicted octanol–water partition coefficient (Wildman–Crippen LogP) is 3.81. The topological polar surface area (TPSA) is 0 Å². The smallest absolute Gasteiger partial charge is 0.0555 e. The van der Waals surface area contributed by atoms with Crippen LogP contribution in [0.25, 0.3) is 0 Å². The van der Waals surface area contributed by atoms with Crippen LogP contribution in [0, 0.1) is 12.3 Å². The minimum Gasteiger partial charge on any atom is -0.127 e. The van der Waals surface area contributed by atoms with Crippen molar-refractivity contribution in [2.75, 3.05) is 6.26 Å². The van der Waals surface area contributed by atoms with Crippen molar-refractivity contribution >= 4 is 39.3 Å². The summed E-state index contributed by atoms with van der Waals surface area (Å²) >= 11 is 10.9. The van der Waals surface area contributed by atoms with Gasteiger partial charge in [-0.2, -0.15) is 0 Å². The minimum absolute atomic E-state index is 0.707. The molecule has 0 bridgehead atoms. The zero-order valence-electron chi connectivity index (χ0n) is 6.40. The van der Waals surface area contributed by atoms with Crippen LogP contribution < -0.4 is 0 Å². The van der Waals surface area contributed by atoms with Gasteiger partial charge in [-0.05, 0) is 34.3 Å². The lowest BCUT2D eigenvalue weighted by Crippen LogP contribution is -1.83. The van der Waals surface area contributed by atoms with E-state index in [-0.39, 0.29) is 0 Å². The number of halogens is 2.